The van der Waals surface area contributed by atoms with Crippen LogP contribution in [-0.2, 0) is 17.6 Å². The van der Waals surface area contributed by atoms with Crippen molar-refractivity contribution >= 4 is 34.0 Å². The van der Waals surface area contributed by atoms with Crippen LogP contribution in [0, 0.1) is 0 Å². The van der Waals surface area contributed by atoms with E-state index in [0.29, 0.717) is 27.3 Å². The van der Waals surface area contributed by atoms with Gasteiger partial charge in [-0.15, -0.1) is 0 Å². The average molecular weight is 441 g/mol. The van der Waals surface area contributed by atoms with Crippen LogP contribution in [0.1, 0.15) is 18.2 Å². The van der Waals surface area contributed by atoms with Gasteiger partial charge in [-0.3, -0.25) is 4.79 Å². The molecule has 30 heavy (non-hydrogen) atoms. The van der Waals surface area contributed by atoms with E-state index in [1.165, 1.54) is 17.9 Å². The van der Waals surface area contributed by atoms with Crippen molar-refractivity contribution in [1.82, 2.24) is 14.5 Å². The van der Waals surface area contributed by atoms with Crippen molar-refractivity contribution in [2.75, 3.05) is 5.32 Å². The zero-order valence-electron chi connectivity index (χ0n) is 16.0. The predicted octanol–water partition coefficient (Wildman–Crippen LogP) is 5.38. The summed E-state index contributed by atoms with van der Waals surface area (Å²) in [5, 5.41) is 7.73. The fourth-order valence-electron chi connectivity index (χ4n) is 2.75. The van der Waals surface area contributed by atoms with Gasteiger partial charge in [0, 0.05) is 5.56 Å². The number of nitrogens with one attached hydrogen (secondary N) is 1. The van der Waals surface area contributed by atoms with Crippen LogP contribution in [0.4, 0.5) is 5.00 Å². The highest BCUT2D eigenvalue weighted by Gasteiger charge is 2.13. The van der Waals surface area contributed by atoms with E-state index in [4.69, 9.17) is 20.9 Å². The molecule has 9 heteroatoms. The molecule has 0 aliphatic carbocycles. The molecule has 1 amide bonds. The number of halogens is 1. The molecule has 4 aromatic rings. The maximum absolute atomic E-state index is 12.3. The molecule has 0 unspecified atom stereocenters. The van der Waals surface area contributed by atoms with Gasteiger partial charge < -0.3 is 14.6 Å². The van der Waals surface area contributed by atoms with Crippen LogP contribution < -0.4 is 10.1 Å². The van der Waals surface area contributed by atoms with Gasteiger partial charge in [-0.25, -0.2) is 0 Å². The van der Waals surface area contributed by atoms with Crippen molar-refractivity contribution in [3.63, 3.8) is 0 Å². The Kier molecular flexibility index (Phi) is 6.06. The van der Waals surface area contributed by atoms with Crippen LogP contribution in [0.3, 0.4) is 0 Å². The van der Waals surface area contributed by atoms with Crippen LogP contribution in [0.5, 0.6) is 11.5 Å². The smallest absolute Gasteiger partial charge is 0.229 e. The first-order valence-electron chi connectivity index (χ1n) is 9.20. The summed E-state index contributed by atoms with van der Waals surface area (Å²) in [6, 6.07) is 14.7. The number of hydrogen-bond donors (Lipinski definition) is 1. The summed E-state index contributed by atoms with van der Waals surface area (Å²) in [6.45, 7) is 1.97. The van der Waals surface area contributed by atoms with Crippen molar-refractivity contribution in [3.8, 4) is 22.9 Å². The molecule has 0 spiro atoms. The van der Waals surface area contributed by atoms with Crippen molar-refractivity contribution in [1.29, 1.82) is 0 Å². The Morgan fingerprint density at radius 3 is 2.43 bits per heavy atom. The number of rotatable bonds is 7. The van der Waals surface area contributed by atoms with Crippen LogP contribution in [0.15, 0.2) is 59.4 Å². The second kappa shape index (κ2) is 9.06. The number of benzene rings is 2. The zero-order chi connectivity index (χ0) is 20.9. The van der Waals surface area contributed by atoms with Crippen molar-refractivity contribution in [3.05, 3.63) is 71.2 Å². The van der Waals surface area contributed by atoms with Gasteiger partial charge in [0.15, 0.2) is 0 Å². The van der Waals surface area contributed by atoms with E-state index < -0.39 is 0 Å². The van der Waals surface area contributed by atoms with Gasteiger partial charge in [-0.1, -0.05) is 35.8 Å². The van der Waals surface area contributed by atoms with Gasteiger partial charge in [-0.2, -0.15) is 9.36 Å². The molecule has 2 heterocycles. The minimum atomic E-state index is -0.145. The lowest BCUT2D eigenvalue weighted by Gasteiger charge is -2.08. The summed E-state index contributed by atoms with van der Waals surface area (Å²) in [7, 11) is 0. The number of anilines is 1. The monoisotopic (exact) mass is 440 g/mol. The molecule has 0 aliphatic rings. The molecule has 2 aromatic carbocycles. The molecule has 0 saturated heterocycles. The normalized spacial score (nSPS) is 10.7. The fraction of sp³-hybridized carbons (Fsp3) is 0.143. The standard InChI is InChI=1S/C21H17ClN4O3S/c1-2-17-19(22)21(30-26-17)24-18(27)11-13-3-7-15(8-4-13)29-16-9-5-14(6-10-16)20-23-12-28-25-20/h3-10,12H,2,11H2,1H3,(H,24,27). The Morgan fingerprint density at radius 2 is 1.83 bits per heavy atom. The van der Waals surface area contributed by atoms with Gasteiger partial charge >= 0.3 is 0 Å². The molecular weight excluding hydrogens is 424 g/mol. The molecule has 0 bridgehead atoms. The van der Waals surface area contributed by atoms with E-state index in [0.717, 1.165) is 23.2 Å². The van der Waals surface area contributed by atoms with Crippen molar-refractivity contribution < 1.29 is 14.1 Å². The SMILES string of the molecule is CCc1nsc(NC(=O)Cc2ccc(Oc3ccc(-c4ncon4)cc3)cc2)c1Cl. The second-order valence-electron chi connectivity index (χ2n) is 6.38. The van der Waals surface area contributed by atoms with Gasteiger partial charge in [0.05, 0.1) is 17.1 Å². The topological polar surface area (TPSA) is 90.1 Å². The van der Waals surface area contributed by atoms with E-state index in [1.54, 1.807) is 0 Å². The molecule has 2 aromatic heterocycles. The fourth-order valence-corrected chi connectivity index (χ4v) is 3.90. The van der Waals surface area contributed by atoms with Crippen molar-refractivity contribution in [2.24, 2.45) is 0 Å². The number of carbonyl (C=O) groups is 1. The lowest BCUT2D eigenvalue weighted by Crippen LogP contribution is -2.13. The molecule has 0 fully saturated rings. The van der Waals surface area contributed by atoms with Crippen molar-refractivity contribution in [2.45, 2.75) is 19.8 Å². The number of amides is 1. The number of nitrogens with zero attached hydrogens (tertiary/aromatic N) is 3. The molecule has 0 saturated carbocycles. The lowest BCUT2D eigenvalue weighted by molar-refractivity contribution is -0.115. The second-order valence-corrected chi connectivity index (χ2v) is 7.53. The quantitative estimate of drug-likeness (QED) is 0.414. The first kappa shape index (κ1) is 20.1. The third-order valence-electron chi connectivity index (χ3n) is 4.29. The van der Waals surface area contributed by atoms with E-state index in [-0.39, 0.29) is 12.3 Å². The third-order valence-corrected chi connectivity index (χ3v) is 5.60. The maximum atomic E-state index is 12.3. The predicted molar refractivity (Wildman–Crippen MR) is 115 cm³/mol. The van der Waals surface area contributed by atoms with Gasteiger partial charge in [0.25, 0.3) is 0 Å². The Hall–Kier alpha value is -3.23. The average Bonchev–Trinajstić information content (AvgIpc) is 3.41. The molecule has 1 N–H and O–H groups in total. The van der Waals surface area contributed by atoms with Gasteiger partial charge in [-0.05, 0) is 59.9 Å². The molecule has 7 nitrogen and oxygen atoms in total. The molecular formula is C21H17ClN4O3S. The number of carbonyl (C=O) groups excluding carboxylic acids is 1. The summed E-state index contributed by atoms with van der Waals surface area (Å²) >= 11 is 7.41. The third kappa shape index (κ3) is 4.67. The first-order valence-corrected chi connectivity index (χ1v) is 10.3. The lowest BCUT2D eigenvalue weighted by atomic mass is 10.1. The van der Waals surface area contributed by atoms with E-state index in [1.807, 2.05) is 55.5 Å². The molecule has 0 radical (unpaired) electrons. The van der Waals surface area contributed by atoms with Gasteiger partial charge in [0.2, 0.25) is 18.1 Å². The number of hydrogen-bond acceptors (Lipinski definition) is 7. The molecule has 0 atom stereocenters. The summed E-state index contributed by atoms with van der Waals surface area (Å²) in [5.74, 6) is 1.73. The van der Waals surface area contributed by atoms with Crippen LogP contribution in [0.2, 0.25) is 5.02 Å². The Bertz CT molecular complexity index is 1130. The summed E-state index contributed by atoms with van der Waals surface area (Å²) in [4.78, 5) is 16.3. The van der Waals surface area contributed by atoms with Crippen LogP contribution >= 0.6 is 23.1 Å². The zero-order valence-corrected chi connectivity index (χ0v) is 17.5. The van der Waals surface area contributed by atoms with E-state index in [2.05, 4.69) is 19.8 Å². The summed E-state index contributed by atoms with van der Waals surface area (Å²) in [5.41, 5.74) is 2.50. The van der Waals surface area contributed by atoms with Crippen LogP contribution in [0.25, 0.3) is 11.4 Å². The summed E-state index contributed by atoms with van der Waals surface area (Å²) < 4.78 is 14.8. The van der Waals surface area contributed by atoms with Gasteiger partial charge in [0.1, 0.15) is 16.5 Å². The highest BCUT2D eigenvalue weighted by Crippen LogP contribution is 2.30. The molecule has 0 aliphatic heterocycles. The Labute approximate surface area is 181 Å². The molecule has 4 rings (SSSR count). The number of aryl methyl sites for hydroxylation is 1. The number of aromatic nitrogens is 3. The highest BCUT2D eigenvalue weighted by molar-refractivity contribution is 7.11. The minimum absolute atomic E-state index is 0.145. The van der Waals surface area contributed by atoms with E-state index in [9.17, 15) is 4.79 Å². The molecule has 152 valence electrons. The number of ether oxygens (including phenoxy) is 1. The van der Waals surface area contributed by atoms with Crippen LogP contribution in [-0.4, -0.2) is 20.4 Å². The first-order chi connectivity index (χ1) is 14.6. The largest absolute Gasteiger partial charge is 0.457 e. The maximum Gasteiger partial charge on any atom is 0.229 e. The Balaban J connectivity index is 1.34. The van der Waals surface area contributed by atoms with E-state index >= 15 is 0 Å². The minimum Gasteiger partial charge on any atom is -0.457 e. The highest BCUT2D eigenvalue weighted by atomic mass is 35.5. The Morgan fingerprint density at radius 1 is 1.13 bits per heavy atom. The summed E-state index contributed by atoms with van der Waals surface area (Å²) in [6.07, 6.45) is 2.25.